The lowest BCUT2D eigenvalue weighted by molar-refractivity contribution is 0.240. The number of likely N-dealkylation sites (tertiary alicyclic amines) is 1. The minimum absolute atomic E-state index is 0.799. The first kappa shape index (κ1) is 21.9. The third-order valence-electron chi connectivity index (χ3n) is 6.45. The molecule has 0 spiro atoms. The number of hydrogen-bond donors (Lipinski definition) is 0. The minimum Gasteiger partial charge on any atom is -0.494 e. The fourth-order valence-corrected chi connectivity index (χ4v) is 4.63. The molecule has 2 nitrogen and oxygen atoms in total. The Bertz CT molecular complexity index is 912. The van der Waals surface area contributed by atoms with E-state index < -0.39 is 0 Å². The molecule has 0 aliphatic carbocycles. The summed E-state index contributed by atoms with van der Waals surface area (Å²) in [6.45, 7) is 4.37. The highest BCUT2D eigenvalue weighted by Crippen LogP contribution is 2.23. The van der Waals surface area contributed by atoms with Gasteiger partial charge in [-0.15, -0.1) is 0 Å². The maximum absolute atomic E-state index is 6.04. The van der Waals surface area contributed by atoms with Crippen molar-refractivity contribution in [1.29, 1.82) is 0 Å². The molecule has 3 aromatic rings. The second-order valence-corrected chi connectivity index (χ2v) is 9.03. The Balaban J connectivity index is 1.23. The smallest absolute Gasteiger partial charge is 0.119 e. The Morgan fingerprint density at radius 3 is 2.23 bits per heavy atom. The van der Waals surface area contributed by atoms with Gasteiger partial charge < -0.3 is 4.74 Å². The number of rotatable bonds is 9. The highest BCUT2D eigenvalue weighted by molar-refractivity contribution is 5.84. The summed E-state index contributed by atoms with van der Waals surface area (Å²) in [7, 11) is 0. The summed E-state index contributed by atoms with van der Waals surface area (Å²) in [5.74, 6) is 0.993. The van der Waals surface area contributed by atoms with E-state index in [0.29, 0.717) is 0 Å². The van der Waals surface area contributed by atoms with Gasteiger partial charge in [-0.25, -0.2) is 0 Å². The predicted molar refractivity (Wildman–Crippen MR) is 132 cm³/mol. The van der Waals surface area contributed by atoms with Crippen LogP contribution in [0.5, 0.6) is 5.75 Å². The van der Waals surface area contributed by atoms with Crippen molar-refractivity contribution in [3.8, 4) is 5.75 Å². The van der Waals surface area contributed by atoms with Crippen LogP contribution in [0.1, 0.15) is 62.5 Å². The normalized spacial score (nSPS) is 15.5. The van der Waals surface area contributed by atoms with Gasteiger partial charge in [0.2, 0.25) is 0 Å². The van der Waals surface area contributed by atoms with Crippen molar-refractivity contribution >= 4 is 10.8 Å². The number of hydrogen-bond acceptors (Lipinski definition) is 2. The van der Waals surface area contributed by atoms with E-state index in [1.165, 1.54) is 79.9 Å². The molecular weight excluding hydrogens is 378 g/mol. The van der Waals surface area contributed by atoms with Crippen molar-refractivity contribution in [1.82, 2.24) is 4.90 Å². The molecule has 3 aromatic carbocycles. The van der Waals surface area contributed by atoms with Crippen molar-refractivity contribution in [2.24, 2.45) is 0 Å². The summed E-state index contributed by atoms with van der Waals surface area (Å²) in [5, 5.41) is 2.60. The number of unbranched alkanes of at least 4 members (excludes halogenated alkanes) is 2. The molecule has 1 heterocycles. The summed E-state index contributed by atoms with van der Waals surface area (Å²) in [4.78, 5) is 2.63. The second kappa shape index (κ2) is 11.9. The molecule has 1 fully saturated rings. The third kappa shape index (κ3) is 7.11. The Hall–Kier alpha value is -2.32. The molecule has 0 saturated carbocycles. The highest BCUT2D eigenvalue weighted by atomic mass is 16.5. The maximum atomic E-state index is 6.04. The largest absolute Gasteiger partial charge is 0.494 e. The van der Waals surface area contributed by atoms with Crippen LogP contribution in [-0.2, 0) is 13.0 Å². The van der Waals surface area contributed by atoms with Gasteiger partial charge in [0.05, 0.1) is 6.61 Å². The van der Waals surface area contributed by atoms with Crippen molar-refractivity contribution in [2.45, 2.75) is 64.3 Å². The average molecular weight is 416 g/mol. The Morgan fingerprint density at radius 1 is 0.645 bits per heavy atom. The zero-order valence-corrected chi connectivity index (χ0v) is 18.9. The number of aryl methyl sites for hydroxylation is 1. The molecule has 2 heteroatoms. The molecule has 164 valence electrons. The Labute approximate surface area is 188 Å². The monoisotopic (exact) mass is 415 g/mol. The quantitative estimate of drug-likeness (QED) is 0.338. The number of benzene rings is 3. The fourth-order valence-electron chi connectivity index (χ4n) is 4.63. The van der Waals surface area contributed by atoms with Crippen molar-refractivity contribution in [3.63, 3.8) is 0 Å². The zero-order valence-electron chi connectivity index (χ0n) is 18.9. The average Bonchev–Trinajstić information content (AvgIpc) is 2.78. The van der Waals surface area contributed by atoms with E-state index in [1.807, 2.05) is 0 Å². The summed E-state index contributed by atoms with van der Waals surface area (Å²) in [6.07, 6.45) is 11.6. The number of nitrogens with zero attached hydrogens (tertiary/aromatic N) is 1. The van der Waals surface area contributed by atoms with Gasteiger partial charge in [-0.3, -0.25) is 4.90 Å². The molecule has 0 radical (unpaired) electrons. The van der Waals surface area contributed by atoms with Gasteiger partial charge >= 0.3 is 0 Å². The van der Waals surface area contributed by atoms with E-state index >= 15 is 0 Å². The Morgan fingerprint density at radius 2 is 1.39 bits per heavy atom. The lowest BCUT2D eigenvalue weighted by Gasteiger charge is -2.24. The molecule has 1 aliphatic heterocycles. The van der Waals surface area contributed by atoms with Crippen LogP contribution in [0.25, 0.3) is 10.8 Å². The first-order valence-electron chi connectivity index (χ1n) is 12.3. The SMILES string of the molecule is c1ccc(CCCCCOc2ccc3cc(CN4CCCCCCC4)ccc3c2)cc1. The van der Waals surface area contributed by atoms with E-state index in [4.69, 9.17) is 4.74 Å². The van der Waals surface area contributed by atoms with E-state index in [-0.39, 0.29) is 0 Å². The summed E-state index contributed by atoms with van der Waals surface area (Å²) < 4.78 is 6.04. The molecule has 4 rings (SSSR count). The molecule has 31 heavy (non-hydrogen) atoms. The first-order valence-corrected chi connectivity index (χ1v) is 12.3. The first-order chi connectivity index (χ1) is 15.4. The van der Waals surface area contributed by atoms with Crippen molar-refractivity contribution in [2.75, 3.05) is 19.7 Å². The highest BCUT2D eigenvalue weighted by Gasteiger charge is 2.09. The van der Waals surface area contributed by atoms with Crippen molar-refractivity contribution < 1.29 is 4.74 Å². The van der Waals surface area contributed by atoms with Crippen LogP contribution in [0.2, 0.25) is 0 Å². The molecule has 0 aromatic heterocycles. The lowest BCUT2D eigenvalue weighted by Crippen LogP contribution is -2.26. The van der Waals surface area contributed by atoms with Crippen LogP contribution >= 0.6 is 0 Å². The van der Waals surface area contributed by atoms with E-state index in [2.05, 4.69) is 71.6 Å². The van der Waals surface area contributed by atoms with Gasteiger partial charge in [0.15, 0.2) is 0 Å². The predicted octanol–water partition coefficient (Wildman–Crippen LogP) is 7.40. The van der Waals surface area contributed by atoms with Crippen LogP contribution in [0.3, 0.4) is 0 Å². The Kier molecular flexibility index (Phi) is 8.41. The number of ether oxygens (including phenoxy) is 1. The van der Waals surface area contributed by atoms with Crippen LogP contribution in [-0.4, -0.2) is 24.6 Å². The molecule has 0 atom stereocenters. The molecular formula is C29H37NO. The summed E-state index contributed by atoms with van der Waals surface area (Å²) >= 11 is 0. The maximum Gasteiger partial charge on any atom is 0.119 e. The summed E-state index contributed by atoms with van der Waals surface area (Å²) in [6, 6.07) is 24.2. The van der Waals surface area contributed by atoms with Crippen LogP contribution in [0.15, 0.2) is 66.7 Å². The van der Waals surface area contributed by atoms with Gasteiger partial charge in [-0.1, -0.05) is 67.8 Å². The topological polar surface area (TPSA) is 12.5 Å². The molecule has 0 bridgehead atoms. The molecule has 1 saturated heterocycles. The lowest BCUT2D eigenvalue weighted by atomic mass is 10.0. The van der Waals surface area contributed by atoms with Gasteiger partial charge in [0.1, 0.15) is 5.75 Å². The fraction of sp³-hybridized carbons (Fsp3) is 0.448. The van der Waals surface area contributed by atoms with Crippen LogP contribution in [0.4, 0.5) is 0 Å². The van der Waals surface area contributed by atoms with Crippen LogP contribution < -0.4 is 4.74 Å². The summed E-state index contributed by atoms with van der Waals surface area (Å²) in [5.41, 5.74) is 2.86. The third-order valence-corrected chi connectivity index (χ3v) is 6.45. The molecule has 0 amide bonds. The van der Waals surface area contributed by atoms with Gasteiger partial charge in [0, 0.05) is 6.54 Å². The van der Waals surface area contributed by atoms with E-state index in [0.717, 1.165) is 31.7 Å². The molecule has 1 aliphatic rings. The molecule has 0 unspecified atom stereocenters. The van der Waals surface area contributed by atoms with Gasteiger partial charge in [0.25, 0.3) is 0 Å². The van der Waals surface area contributed by atoms with Gasteiger partial charge in [-0.05, 0) is 91.7 Å². The van der Waals surface area contributed by atoms with Crippen molar-refractivity contribution in [3.05, 3.63) is 77.9 Å². The number of fused-ring (bicyclic) bond motifs is 1. The minimum atomic E-state index is 0.799. The van der Waals surface area contributed by atoms with Crippen LogP contribution in [0, 0.1) is 0 Å². The zero-order chi connectivity index (χ0) is 21.1. The van der Waals surface area contributed by atoms with E-state index in [9.17, 15) is 0 Å². The standard InChI is InChI=1S/C29H37NO/c1-2-9-19-30(20-10-3-1)24-26-15-16-28-23-29(18-17-27(28)22-26)31-21-11-5-8-14-25-12-6-4-7-13-25/h4,6-7,12-13,15-18,22-23H,1-3,5,8-11,14,19-21,24H2. The van der Waals surface area contributed by atoms with Gasteiger partial charge in [-0.2, -0.15) is 0 Å². The molecule has 0 N–H and O–H groups in total. The second-order valence-electron chi connectivity index (χ2n) is 9.03. The van der Waals surface area contributed by atoms with E-state index in [1.54, 1.807) is 0 Å².